The minimum Gasteiger partial charge on any atom is -0.344 e. The summed E-state index contributed by atoms with van der Waals surface area (Å²) in [7, 11) is 0. The molecule has 3 aromatic carbocycles. The molecule has 3 rings (SSSR count). The first-order valence-electron chi connectivity index (χ1n) is 8.84. The maximum atomic E-state index is 12.3. The van der Waals surface area contributed by atoms with Gasteiger partial charge in [-0.25, -0.2) is 0 Å². The van der Waals surface area contributed by atoms with Crippen molar-refractivity contribution >= 4 is 29.3 Å². The molecule has 0 saturated carbocycles. The first-order valence-corrected chi connectivity index (χ1v) is 9.66. The fraction of sp³-hybridized carbons (Fsp3) is 0.0909. The Labute approximate surface area is 168 Å². The topological polar surface area (TPSA) is 84.2 Å². The number of hydrogen-bond donors (Lipinski definition) is 3. The highest BCUT2D eigenvalue weighted by Gasteiger charge is 2.15. The van der Waals surface area contributed by atoms with Crippen LogP contribution in [0.4, 0.5) is 5.69 Å². The summed E-state index contributed by atoms with van der Waals surface area (Å²) < 4.78 is 0. The van der Waals surface area contributed by atoms with Crippen molar-refractivity contribution in [3.63, 3.8) is 0 Å². The van der Waals surface area contributed by atoms with Crippen LogP contribution in [-0.2, 0) is 22.7 Å². The average Bonchev–Trinajstić information content (AvgIpc) is 2.74. The molecular formula is C22H21N3O2S. The summed E-state index contributed by atoms with van der Waals surface area (Å²) in [6, 6.07) is 24.8. The molecule has 0 saturated heterocycles. The van der Waals surface area contributed by atoms with Gasteiger partial charge in [-0.3, -0.25) is 9.59 Å². The molecule has 4 N–H and O–H groups in total. The SMILES string of the molecule is NCc1cccc(CNC(=O)C(=O)Nc2ccccc2Sc2ccccc2)c1. The molecule has 0 bridgehead atoms. The van der Waals surface area contributed by atoms with Crippen LogP contribution in [0.3, 0.4) is 0 Å². The molecule has 0 fully saturated rings. The van der Waals surface area contributed by atoms with Crippen molar-refractivity contribution in [2.45, 2.75) is 22.9 Å². The predicted octanol–water partition coefficient (Wildman–Crippen LogP) is 3.55. The van der Waals surface area contributed by atoms with Gasteiger partial charge in [0.05, 0.1) is 5.69 Å². The van der Waals surface area contributed by atoms with Gasteiger partial charge in [0, 0.05) is 22.9 Å². The Kier molecular flexibility index (Phi) is 6.84. The summed E-state index contributed by atoms with van der Waals surface area (Å²) in [6.07, 6.45) is 0. The zero-order chi connectivity index (χ0) is 19.8. The van der Waals surface area contributed by atoms with Crippen LogP contribution in [0, 0.1) is 0 Å². The second kappa shape index (κ2) is 9.73. The lowest BCUT2D eigenvalue weighted by Crippen LogP contribution is -2.35. The minimum absolute atomic E-state index is 0.264. The molecule has 0 aliphatic carbocycles. The molecule has 3 aromatic rings. The molecule has 5 nitrogen and oxygen atoms in total. The molecule has 0 radical (unpaired) electrons. The number of carbonyl (C=O) groups excluding carboxylic acids is 2. The van der Waals surface area contributed by atoms with E-state index in [2.05, 4.69) is 10.6 Å². The molecule has 142 valence electrons. The summed E-state index contributed by atoms with van der Waals surface area (Å²) in [5.74, 6) is -1.38. The highest BCUT2D eigenvalue weighted by Crippen LogP contribution is 2.33. The molecule has 2 amide bonds. The quantitative estimate of drug-likeness (QED) is 0.561. The van der Waals surface area contributed by atoms with Crippen LogP contribution in [0.1, 0.15) is 11.1 Å². The van der Waals surface area contributed by atoms with Gasteiger partial charge in [0.15, 0.2) is 0 Å². The maximum Gasteiger partial charge on any atom is 0.313 e. The van der Waals surface area contributed by atoms with Gasteiger partial charge >= 0.3 is 11.8 Å². The van der Waals surface area contributed by atoms with Crippen LogP contribution < -0.4 is 16.4 Å². The van der Waals surface area contributed by atoms with Crippen LogP contribution in [0.2, 0.25) is 0 Å². The molecule has 6 heteroatoms. The summed E-state index contributed by atoms with van der Waals surface area (Å²) in [5, 5.41) is 5.34. The first-order chi connectivity index (χ1) is 13.7. The molecule has 0 atom stereocenters. The van der Waals surface area contributed by atoms with E-state index in [9.17, 15) is 9.59 Å². The van der Waals surface area contributed by atoms with Gasteiger partial charge in [0.25, 0.3) is 0 Å². The highest BCUT2D eigenvalue weighted by atomic mass is 32.2. The van der Waals surface area contributed by atoms with Crippen LogP contribution >= 0.6 is 11.8 Å². The van der Waals surface area contributed by atoms with Gasteiger partial charge < -0.3 is 16.4 Å². The standard InChI is InChI=1S/C22H21N3O2S/c23-14-16-7-6-8-17(13-16)15-24-21(26)22(27)25-19-11-4-5-12-20(19)28-18-9-2-1-3-10-18/h1-13H,14-15,23H2,(H,24,26)(H,25,27). The van der Waals surface area contributed by atoms with Gasteiger partial charge in [-0.1, -0.05) is 66.4 Å². The number of nitrogens with one attached hydrogen (secondary N) is 2. The Bertz CT molecular complexity index is 961. The number of amides is 2. The summed E-state index contributed by atoms with van der Waals surface area (Å²) >= 11 is 1.52. The Morgan fingerprint density at radius 1 is 0.821 bits per heavy atom. The monoisotopic (exact) mass is 391 g/mol. The molecule has 0 unspecified atom stereocenters. The Morgan fingerprint density at radius 3 is 2.32 bits per heavy atom. The Balaban J connectivity index is 1.61. The van der Waals surface area contributed by atoms with Gasteiger partial charge in [-0.2, -0.15) is 0 Å². The number of hydrogen-bond acceptors (Lipinski definition) is 4. The van der Waals surface area contributed by atoms with Crippen LogP contribution in [-0.4, -0.2) is 11.8 Å². The van der Waals surface area contributed by atoms with E-state index in [-0.39, 0.29) is 6.54 Å². The number of benzene rings is 3. The third-order valence-electron chi connectivity index (χ3n) is 3.99. The molecule has 0 heterocycles. The largest absolute Gasteiger partial charge is 0.344 e. The lowest BCUT2D eigenvalue weighted by molar-refractivity contribution is -0.136. The Hall–Kier alpha value is -3.09. The van der Waals surface area contributed by atoms with Crippen molar-refractivity contribution in [1.29, 1.82) is 0 Å². The van der Waals surface area contributed by atoms with Gasteiger partial charge in [-0.15, -0.1) is 0 Å². The smallest absolute Gasteiger partial charge is 0.313 e. The van der Waals surface area contributed by atoms with Crippen molar-refractivity contribution in [1.82, 2.24) is 5.32 Å². The normalized spacial score (nSPS) is 10.3. The number of anilines is 1. The maximum absolute atomic E-state index is 12.3. The number of carbonyl (C=O) groups is 2. The van der Waals surface area contributed by atoms with Crippen LogP contribution in [0.5, 0.6) is 0 Å². The van der Waals surface area contributed by atoms with E-state index in [4.69, 9.17) is 5.73 Å². The zero-order valence-electron chi connectivity index (χ0n) is 15.2. The van der Waals surface area contributed by atoms with E-state index >= 15 is 0 Å². The highest BCUT2D eigenvalue weighted by molar-refractivity contribution is 7.99. The van der Waals surface area contributed by atoms with E-state index in [0.717, 1.165) is 20.9 Å². The van der Waals surface area contributed by atoms with E-state index in [0.29, 0.717) is 12.2 Å². The van der Waals surface area contributed by atoms with Crippen molar-refractivity contribution < 1.29 is 9.59 Å². The molecule has 0 spiro atoms. The number of para-hydroxylation sites is 1. The van der Waals surface area contributed by atoms with Gasteiger partial charge in [-0.05, 0) is 35.4 Å². The first kappa shape index (κ1) is 19.7. The van der Waals surface area contributed by atoms with Crippen molar-refractivity contribution in [2.24, 2.45) is 5.73 Å². The number of nitrogens with two attached hydrogens (primary N) is 1. The van der Waals surface area contributed by atoms with Crippen LogP contribution in [0.25, 0.3) is 0 Å². The summed E-state index contributed by atoms with van der Waals surface area (Å²) in [5.41, 5.74) is 8.09. The fourth-order valence-electron chi connectivity index (χ4n) is 2.58. The molecule has 0 aliphatic rings. The molecule has 0 aliphatic heterocycles. The van der Waals surface area contributed by atoms with Crippen LogP contribution in [0.15, 0.2) is 88.7 Å². The van der Waals surface area contributed by atoms with E-state index in [1.54, 1.807) is 6.07 Å². The predicted molar refractivity (Wildman–Crippen MR) is 112 cm³/mol. The minimum atomic E-state index is -0.698. The lowest BCUT2D eigenvalue weighted by atomic mass is 10.1. The van der Waals surface area contributed by atoms with E-state index < -0.39 is 11.8 Å². The van der Waals surface area contributed by atoms with Gasteiger partial charge in [0.2, 0.25) is 0 Å². The van der Waals surface area contributed by atoms with Crippen molar-refractivity contribution in [3.8, 4) is 0 Å². The van der Waals surface area contributed by atoms with Crippen molar-refractivity contribution in [2.75, 3.05) is 5.32 Å². The third-order valence-corrected chi connectivity index (χ3v) is 5.08. The molecular weight excluding hydrogens is 370 g/mol. The lowest BCUT2D eigenvalue weighted by Gasteiger charge is -2.11. The number of rotatable bonds is 6. The molecule has 28 heavy (non-hydrogen) atoms. The second-order valence-electron chi connectivity index (χ2n) is 6.07. The van der Waals surface area contributed by atoms with Gasteiger partial charge in [0.1, 0.15) is 0 Å². The van der Waals surface area contributed by atoms with E-state index in [1.807, 2.05) is 72.8 Å². The summed E-state index contributed by atoms with van der Waals surface area (Å²) in [6.45, 7) is 0.693. The van der Waals surface area contributed by atoms with Crippen molar-refractivity contribution in [3.05, 3.63) is 90.0 Å². The average molecular weight is 391 g/mol. The fourth-order valence-corrected chi connectivity index (χ4v) is 3.51. The Morgan fingerprint density at radius 2 is 1.54 bits per heavy atom. The zero-order valence-corrected chi connectivity index (χ0v) is 16.0. The summed E-state index contributed by atoms with van der Waals surface area (Å²) in [4.78, 5) is 26.4. The second-order valence-corrected chi connectivity index (χ2v) is 7.19. The third kappa shape index (κ3) is 5.45. The van der Waals surface area contributed by atoms with E-state index in [1.165, 1.54) is 11.8 Å². The molecule has 0 aromatic heterocycles.